The molecule has 1 rings (SSSR count). The quantitative estimate of drug-likeness (QED) is 0.505. The van der Waals surface area contributed by atoms with Crippen LogP contribution in [0.1, 0.15) is 11.1 Å². The van der Waals surface area contributed by atoms with Gasteiger partial charge in [-0.1, -0.05) is 17.7 Å². The summed E-state index contributed by atoms with van der Waals surface area (Å²) in [6, 6.07) is 5.38. The highest BCUT2D eigenvalue weighted by Gasteiger charge is 2.01. The molecular weight excluding hydrogens is 157 g/mol. The standard InChI is InChI=1S/C9H10FNO/c1-6-3-4-8(7(2)5-6)11-9(10)12/h3-5H,1-2H3,(H,11,12). The smallest absolute Gasteiger partial charge is 0.298 e. The Bertz CT molecular complexity index is 309. The van der Waals surface area contributed by atoms with Crippen molar-refractivity contribution in [3.63, 3.8) is 0 Å². The van der Waals surface area contributed by atoms with Crippen molar-refractivity contribution in [3.05, 3.63) is 29.3 Å². The van der Waals surface area contributed by atoms with Gasteiger partial charge in [-0.15, -0.1) is 4.39 Å². The maximum atomic E-state index is 11.9. The first-order valence-corrected chi connectivity index (χ1v) is 3.63. The Hall–Kier alpha value is -1.38. The molecule has 0 aliphatic rings. The molecular formula is C9H10FNO. The van der Waals surface area contributed by atoms with Crippen LogP contribution in [0.25, 0.3) is 0 Å². The van der Waals surface area contributed by atoms with Crippen LogP contribution in [-0.2, 0) is 0 Å². The van der Waals surface area contributed by atoms with Gasteiger partial charge in [0.25, 0.3) is 0 Å². The maximum absolute atomic E-state index is 11.9. The van der Waals surface area contributed by atoms with Gasteiger partial charge in [0.05, 0.1) is 0 Å². The molecule has 0 aliphatic carbocycles. The molecule has 1 amide bonds. The van der Waals surface area contributed by atoms with Crippen molar-refractivity contribution in [2.24, 2.45) is 0 Å². The first-order chi connectivity index (χ1) is 5.59. The SMILES string of the molecule is Cc1ccc(NC(=O)F)c(C)c1. The Morgan fingerprint density at radius 2 is 2.08 bits per heavy atom. The number of hydrogen-bond acceptors (Lipinski definition) is 1. The Labute approximate surface area is 70.4 Å². The summed E-state index contributed by atoms with van der Waals surface area (Å²) in [5.41, 5.74) is 2.47. The lowest BCUT2D eigenvalue weighted by Gasteiger charge is -2.04. The Balaban J connectivity index is 2.93. The van der Waals surface area contributed by atoms with Crippen molar-refractivity contribution in [3.8, 4) is 0 Å². The van der Waals surface area contributed by atoms with Crippen LogP contribution in [0.4, 0.5) is 14.9 Å². The van der Waals surface area contributed by atoms with Crippen LogP contribution >= 0.6 is 0 Å². The minimum atomic E-state index is -1.53. The van der Waals surface area contributed by atoms with Crippen LogP contribution < -0.4 is 5.32 Å². The molecule has 0 bridgehead atoms. The summed E-state index contributed by atoms with van der Waals surface area (Å²) in [6.07, 6.45) is -1.53. The molecule has 0 heterocycles. The second kappa shape index (κ2) is 3.34. The number of halogens is 1. The zero-order valence-corrected chi connectivity index (χ0v) is 7.02. The molecule has 0 aromatic heterocycles. The van der Waals surface area contributed by atoms with Crippen LogP contribution in [0, 0.1) is 13.8 Å². The predicted octanol–water partition coefficient (Wildman–Crippen LogP) is 2.80. The minimum Gasteiger partial charge on any atom is -0.298 e. The molecule has 1 aromatic rings. The molecule has 0 radical (unpaired) electrons. The second-order valence-corrected chi connectivity index (χ2v) is 2.72. The number of anilines is 1. The van der Waals surface area contributed by atoms with E-state index in [4.69, 9.17) is 0 Å². The van der Waals surface area contributed by atoms with E-state index in [2.05, 4.69) is 5.32 Å². The molecule has 64 valence electrons. The molecule has 0 unspecified atom stereocenters. The van der Waals surface area contributed by atoms with Crippen molar-refractivity contribution in [1.82, 2.24) is 0 Å². The molecule has 1 N–H and O–H groups in total. The van der Waals surface area contributed by atoms with Gasteiger partial charge in [0, 0.05) is 5.69 Å². The van der Waals surface area contributed by atoms with Crippen LogP contribution in [0.5, 0.6) is 0 Å². The average molecular weight is 167 g/mol. The summed E-state index contributed by atoms with van der Waals surface area (Å²) in [6.45, 7) is 3.76. The lowest BCUT2D eigenvalue weighted by molar-refractivity contribution is 0.235. The van der Waals surface area contributed by atoms with Gasteiger partial charge in [0.1, 0.15) is 0 Å². The zero-order valence-electron chi connectivity index (χ0n) is 7.02. The first kappa shape index (κ1) is 8.71. The van der Waals surface area contributed by atoms with Crippen LogP contribution in [0.2, 0.25) is 0 Å². The van der Waals surface area contributed by atoms with E-state index < -0.39 is 6.16 Å². The van der Waals surface area contributed by atoms with E-state index in [1.807, 2.05) is 26.0 Å². The third-order valence-corrected chi connectivity index (χ3v) is 1.61. The average Bonchev–Trinajstić information content (AvgIpc) is 1.94. The van der Waals surface area contributed by atoms with E-state index in [0.29, 0.717) is 5.69 Å². The summed E-state index contributed by atoms with van der Waals surface area (Å²) in [4.78, 5) is 10.1. The van der Waals surface area contributed by atoms with Gasteiger partial charge in [-0.2, -0.15) is 0 Å². The third kappa shape index (κ3) is 2.05. The fourth-order valence-electron chi connectivity index (χ4n) is 1.06. The van der Waals surface area contributed by atoms with Crippen molar-refractivity contribution in [2.75, 3.05) is 5.32 Å². The first-order valence-electron chi connectivity index (χ1n) is 3.63. The van der Waals surface area contributed by atoms with Gasteiger partial charge < -0.3 is 0 Å². The molecule has 12 heavy (non-hydrogen) atoms. The number of aryl methyl sites for hydroxylation is 2. The summed E-state index contributed by atoms with van der Waals surface area (Å²) < 4.78 is 11.9. The van der Waals surface area contributed by atoms with Crippen molar-refractivity contribution in [2.45, 2.75) is 13.8 Å². The molecule has 3 heteroatoms. The van der Waals surface area contributed by atoms with Crippen LogP contribution in [0.15, 0.2) is 18.2 Å². The zero-order chi connectivity index (χ0) is 9.14. The number of amides is 1. The summed E-state index contributed by atoms with van der Waals surface area (Å²) >= 11 is 0. The van der Waals surface area contributed by atoms with E-state index in [-0.39, 0.29) is 0 Å². The normalized spacial score (nSPS) is 9.58. The van der Waals surface area contributed by atoms with Crippen molar-refractivity contribution < 1.29 is 9.18 Å². The maximum Gasteiger partial charge on any atom is 0.401 e. The molecule has 2 nitrogen and oxygen atoms in total. The number of nitrogens with one attached hydrogen (secondary N) is 1. The largest absolute Gasteiger partial charge is 0.401 e. The van der Waals surface area contributed by atoms with E-state index >= 15 is 0 Å². The summed E-state index contributed by atoms with van der Waals surface area (Å²) in [7, 11) is 0. The highest BCUT2D eigenvalue weighted by molar-refractivity contribution is 5.84. The number of benzene rings is 1. The topological polar surface area (TPSA) is 29.1 Å². The second-order valence-electron chi connectivity index (χ2n) is 2.72. The number of carbonyl (C=O) groups excluding carboxylic acids is 1. The van der Waals surface area contributed by atoms with E-state index in [0.717, 1.165) is 11.1 Å². The molecule has 0 aliphatic heterocycles. The van der Waals surface area contributed by atoms with Gasteiger partial charge >= 0.3 is 6.16 Å². The van der Waals surface area contributed by atoms with Crippen molar-refractivity contribution in [1.29, 1.82) is 0 Å². The minimum absolute atomic E-state index is 0.521. The summed E-state index contributed by atoms with van der Waals surface area (Å²) in [5, 5.41) is 2.09. The number of rotatable bonds is 1. The molecule has 0 saturated heterocycles. The Kier molecular flexibility index (Phi) is 2.43. The molecule has 0 saturated carbocycles. The molecule has 1 aromatic carbocycles. The molecule has 0 spiro atoms. The Morgan fingerprint density at radius 1 is 1.42 bits per heavy atom. The fraction of sp³-hybridized carbons (Fsp3) is 0.222. The monoisotopic (exact) mass is 167 g/mol. The van der Waals surface area contributed by atoms with E-state index in [1.54, 1.807) is 6.07 Å². The van der Waals surface area contributed by atoms with Crippen LogP contribution in [0.3, 0.4) is 0 Å². The number of hydrogen-bond donors (Lipinski definition) is 1. The molecule has 0 atom stereocenters. The van der Waals surface area contributed by atoms with E-state index in [9.17, 15) is 9.18 Å². The number of carbonyl (C=O) groups is 1. The van der Waals surface area contributed by atoms with Crippen molar-refractivity contribution >= 4 is 11.8 Å². The lowest BCUT2D eigenvalue weighted by Crippen LogP contribution is -2.03. The van der Waals surface area contributed by atoms with Gasteiger partial charge in [-0.3, -0.25) is 5.32 Å². The van der Waals surface area contributed by atoms with E-state index in [1.165, 1.54) is 0 Å². The summed E-state index contributed by atoms with van der Waals surface area (Å²) in [5.74, 6) is 0. The van der Waals surface area contributed by atoms with Gasteiger partial charge in [0.15, 0.2) is 0 Å². The van der Waals surface area contributed by atoms with Gasteiger partial charge in [-0.05, 0) is 25.5 Å². The lowest BCUT2D eigenvalue weighted by atomic mass is 10.1. The van der Waals surface area contributed by atoms with Gasteiger partial charge in [0.2, 0.25) is 0 Å². The Morgan fingerprint density at radius 3 is 2.58 bits per heavy atom. The highest BCUT2D eigenvalue weighted by atomic mass is 19.1. The predicted molar refractivity (Wildman–Crippen MR) is 46.0 cm³/mol. The fourth-order valence-corrected chi connectivity index (χ4v) is 1.06. The molecule has 0 fully saturated rings. The van der Waals surface area contributed by atoms with Crippen LogP contribution in [-0.4, -0.2) is 6.16 Å². The highest BCUT2D eigenvalue weighted by Crippen LogP contribution is 2.15. The third-order valence-electron chi connectivity index (χ3n) is 1.61. The van der Waals surface area contributed by atoms with Gasteiger partial charge in [-0.25, -0.2) is 4.79 Å².